The fourth-order valence-electron chi connectivity index (χ4n) is 3.08. The molecule has 0 spiro atoms. The second kappa shape index (κ2) is 9.74. The van der Waals surface area contributed by atoms with Crippen LogP contribution in [0.1, 0.15) is 36.7 Å². The maximum Gasteiger partial charge on any atom is 0.259 e. The van der Waals surface area contributed by atoms with Crippen LogP contribution in [0.4, 0.5) is 10.1 Å². The van der Waals surface area contributed by atoms with Crippen LogP contribution < -0.4 is 10.1 Å². The van der Waals surface area contributed by atoms with E-state index in [9.17, 15) is 17.6 Å². The summed E-state index contributed by atoms with van der Waals surface area (Å²) >= 11 is 6.13. The average molecular weight is 505 g/mol. The Balaban J connectivity index is 1.99. The van der Waals surface area contributed by atoms with Crippen molar-refractivity contribution in [3.63, 3.8) is 0 Å². The first-order chi connectivity index (χ1) is 15.8. The molecule has 9 heteroatoms. The number of benzene rings is 3. The van der Waals surface area contributed by atoms with Crippen molar-refractivity contribution >= 4 is 33.2 Å². The van der Waals surface area contributed by atoms with E-state index in [1.807, 2.05) is 26.8 Å². The number of halogens is 2. The summed E-state index contributed by atoms with van der Waals surface area (Å²) in [6.07, 6.45) is 0. The van der Waals surface area contributed by atoms with Gasteiger partial charge in [-0.05, 0) is 59.5 Å². The Morgan fingerprint density at radius 2 is 1.71 bits per heavy atom. The summed E-state index contributed by atoms with van der Waals surface area (Å²) in [5.74, 6) is -0.586. The zero-order valence-corrected chi connectivity index (χ0v) is 21.1. The molecule has 0 radical (unpaired) electrons. The summed E-state index contributed by atoms with van der Waals surface area (Å²) in [6, 6.07) is 14.9. The summed E-state index contributed by atoms with van der Waals surface area (Å²) in [7, 11) is -0.803. The van der Waals surface area contributed by atoms with Crippen LogP contribution in [-0.2, 0) is 15.4 Å². The van der Waals surface area contributed by atoms with Crippen molar-refractivity contribution < 1.29 is 22.3 Å². The van der Waals surface area contributed by atoms with Crippen molar-refractivity contribution in [1.29, 1.82) is 0 Å². The summed E-state index contributed by atoms with van der Waals surface area (Å²) in [6.45, 7) is 6.06. The largest absolute Gasteiger partial charge is 0.455 e. The van der Waals surface area contributed by atoms with Crippen LogP contribution in [0.25, 0.3) is 0 Å². The van der Waals surface area contributed by atoms with Crippen molar-refractivity contribution in [1.82, 2.24) is 4.31 Å². The predicted octanol–water partition coefficient (Wildman–Crippen LogP) is 6.07. The maximum absolute atomic E-state index is 13.5. The summed E-state index contributed by atoms with van der Waals surface area (Å²) < 4.78 is 45.4. The highest BCUT2D eigenvalue weighted by atomic mass is 35.5. The van der Waals surface area contributed by atoms with E-state index in [4.69, 9.17) is 16.3 Å². The van der Waals surface area contributed by atoms with E-state index in [-0.39, 0.29) is 32.4 Å². The molecule has 0 aliphatic rings. The van der Waals surface area contributed by atoms with Gasteiger partial charge in [-0.15, -0.1) is 0 Å². The summed E-state index contributed by atoms with van der Waals surface area (Å²) in [5.41, 5.74) is 1.19. The highest BCUT2D eigenvalue weighted by Gasteiger charge is 2.22. The Kier molecular flexibility index (Phi) is 7.35. The molecule has 34 heavy (non-hydrogen) atoms. The van der Waals surface area contributed by atoms with Crippen LogP contribution in [0.2, 0.25) is 5.02 Å². The minimum atomic E-state index is -3.67. The number of amides is 1. The number of carbonyl (C=O) groups excluding carboxylic acids is 1. The van der Waals surface area contributed by atoms with Crippen LogP contribution >= 0.6 is 11.6 Å². The minimum absolute atomic E-state index is 0.0490. The molecule has 3 rings (SSSR count). The molecule has 1 N–H and O–H groups in total. The normalized spacial score (nSPS) is 12.0. The summed E-state index contributed by atoms with van der Waals surface area (Å²) in [5, 5.41) is 2.79. The first kappa shape index (κ1) is 25.7. The molecule has 1 amide bonds. The van der Waals surface area contributed by atoms with Crippen LogP contribution in [-0.4, -0.2) is 32.7 Å². The molecule has 0 aromatic heterocycles. The van der Waals surface area contributed by atoms with Gasteiger partial charge in [-0.3, -0.25) is 4.79 Å². The van der Waals surface area contributed by atoms with Crippen LogP contribution in [0, 0.1) is 5.82 Å². The lowest BCUT2D eigenvalue weighted by Crippen LogP contribution is -2.22. The van der Waals surface area contributed by atoms with Crippen molar-refractivity contribution in [3.05, 3.63) is 82.6 Å². The lowest BCUT2D eigenvalue weighted by Gasteiger charge is -2.21. The molecule has 0 saturated heterocycles. The van der Waals surface area contributed by atoms with E-state index in [1.54, 1.807) is 24.3 Å². The van der Waals surface area contributed by atoms with Gasteiger partial charge in [-0.2, -0.15) is 0 Å². The smallest absolute Gasteiger partial charge is 0.259 e. The Morgan fingerprint density at radius 3 is 2.32 bits per heavy atom. The standard InChI is InChI=1S/C25H26ClFN2O4S/c1-25(2,3)16-9-11-20(23(13-16)33-22-12-10-17(27)14-21(22)26)24(30)28-18-7-6-8-19(15-18)34(31,32)29(4)5/h6-15H,1-5H3,(H,28,30). The number of anilines is 1. The number of rotatable bonds is 6. The molecule has 6 nitrogen and oxygen atoms in total. The zero-order chi connectivity index (χ0) is 25.3. The number of carbonyl (C=O) groups is 1. The molecule has 0 fully saturated rings. The molecule has 0 aliphatic carbocycles. The monoisotopic (exact) mass is 504 g/mol. The lowest BCUT2D eigenvalue weighted by atomic mass is 9.86. The SMILES string of the molecule is CN(C)S(=O)(=O)c1cccc(NC(=O)c2ccc(C(C)(C)C)cc2Oc2ccc(F)cc2Cl)c1. The third-order valence-corrected chi connectivity index (χ3v) is 7.18. The first-order valence-corrected chi connectivity index (χ1v) is 12.2. The Hall–Kier alpha value is -2.94. The molecule has 0 heterocycles. The van der Waals surface area contributed by atoms with Gasteiger partial charge in [0.05, 0.1) is 15.5 Å². The molecule has 0 unspecified atom stereocenters. The Morgan fingerprint density at radius 1 is 1.00 bits per heavy atom. The van der Waals surface area contributed by atoms with E-state index < -0.39 is 21.7 Å². The van der Waals surface area contributed by atoms with Gasteiger partial charge in [-0.1, -0.05) is 44.5 Å². The maximum atomic E-state index is 13.5. The molecular formula is C25H26ClFN2O4S. The lowest BCUT2D eigenvalue weighted by molar-refractivity contribution is 0.102. The zero-order valence-electron chi connectivity index (χ0n) is 19.5. The Labute approximate surface area is 204 Å². The molecule has 3 aromatic rings. The predicted molar refractivity (Wildman–Crippen MR) is 132 cm³/mol. The van der Waals surface area contributed by atoms with E-state index in [0.717, 1.165) is 15.9 Å². The minimum Gasteiger partial charge on any atom is -0.455 e. The Bertz CT molecular complexity index is 1330. The molecule has 180 valence electrons. The van der Waals surface area contributed by atoms with Crippen LogP contribution in [0.3, 0.4) is 0 Å². The van der Waals surface area contributed by atoms with Crippen LogP contribution in [0.15, 0.2) is 65.6 Å². The second-order valence-corrected chi connectivity index (χ2v) is 11.5. The van der Waals surface area contributed by atoms with E-state index in [1.165, 1.54) is 38.4 Å². The molecule has 0 saturated carbocycles. The molecule has 0 bridgehead atoms. The quantitative estimate of drug-likeness (QED) is 0.442. The molecule has 0 aliphatic heterocycles. The number of hydrogen-bond acceptors (Lipinski definition) is 4. The number of sulfonamides is 1. The number of hydrogen-bond donors (Lipinski definition) is 1. The van der Waals surface area contributed by atoms with Gasteiger partial charge in [0.2, 0.25) is 10.0 Å². The van der Waals surface area contributed by atoms with Gasteiger partial charge >= 0.3 is 0 Å². The van der Waals surface area contributed by atoms with Crippen molar-refractivity contribution in [2.75, 3.05) is 19.4 Å². The van der Waals surface area contributed by atoms with Gasteiger partial charge < -0.3 is 10.1 Å². The van der Waals surface area contributed by atoms with E-state index >= 15 is 0 Å². The highest BCUT2D eigenvalue weighted by Crippen LogP contribution is 2.35. The molecule has 3 aromatic carbocycles. The number of nitrogens with zero attached hydrogens (tertiary/aromatic N) is 1. The van der Waals surface area contributed by atoms with Crippen molar-refractivity contribution in [2.24, 2.45) is 0 Å². The number of nitrogens with one attached hydrogen (secondary N) is 1. The summed E-state index contributed by atoms with van der Waals surface area (Å²) in [4.78, 5) is 13.2. The topological polar surface area (TPSA) is 75.7 Å². The van der Waals surface area contributed by atoms with Gasteiger partial charge in [0.1, 0.15) is 17.3 Å². The average Bonchev–Trinajstić information content (AvgIpc) is 2.75. The van der Waals surface area contributed by atoms with Gasteiger partial charge in [-0.25, -0.2) is 17.1 Å². The molecule has 0 atom stereocenters. The van der Waals surface area contributed by atoms with E-state index in [0.29, 0.717) is 5.69 Å². The molecular weight excluding hydrogens is 479 g/mol. The first-order valence-electron chi connectivity index (χ1n) is 10.4. The van der Waals surface area contributed by atoms with Crippen molar-refractivity contribution in [3.8, 4) is 11.5 Å². The fraction of sp³-hybridized carbons (Fsp3) is 0.240. The van der Waals surface area contributed by atoms with Crippen molar-refractivity contribution in [2.45, 2.75) is 31.1 Å². The van der Waals surface area contributed by atoms with Crippen LogP contribution in [0.5, 0.6) is 11.5 Å². The van der Waals surface area contributed by atoms with E-state index in [2.05, 4.69) is 5.32 Å². The fourth-order valence-corrected chi connectivity index (χ4v) is 4.23. The highest BCUT2D eigenvalue weighted by molar-refractivity contribution is 7.89. The number of ether oxygens (including phenoxy) is 1. The third-order valence-electron chi connectivity index (χ3n) is 5.08. The second-order valence-electron chi connectivity index (χ2n) is 8.91. The third kappa shape index (κ3) is 5.75. The van der Waals surface area contributed by atoms with Gasteiger partial charge in [0, 0.05) is 19.8 Å². The van der Waals surface area contributed by atoms with Gasteiger partial charge in [0.25, 0.3) is 5.91 Å². The van der Waals surface area contributed by atoms with Gasteiger partial charge in [0.15, 0.2) is 0 Å².